The first-order valence-corrected chi connectivity index (χ1v) is 14.4. The van der Waals surface area contributed by atoms with Crippen LogP contribution in [0.15, 0.2) is 72.8 Å². The van der Waals surface area contributed by atoms with Gasteiger partial charge in [0.25, 0.3) is 0 Å². The van der Waals surface area contributed by atoms with Crippen LogP contribution in [0.2, 0.25) is 15.1 Å². The Bertz CT molecular complexity index is 1170. The lowest BCUT2D eigenvalue weighted by molar-refractivity contribution is -0.139. The van der Waals surface area contributed by atoms with Gasteiger partial charge >= 0.3 is 0 Å². The average molecular weight is 578 g/mol. The molecule has 0 aliphatic carbocycles. The van der Waals surface area contributed by atoms with Crippen LogP contribution in [0.4, 0.5) is 0 Å². The zero-order valence-corrected chi connectivity index (χ0v) is 24.0. The van der Waals surface area contributed by atoms with Gasteiger partial charge in [0.1, 0.15) is 6.04 Å². The molecule has 3 rings (SSSR count). The van der Waals surface area contributed by atoms with E-state index in [1.807, 2.05) is 68.4 Å². The molecule has 3 aromatic rings. The summed E-state index contributed by atoms with van der Waals surface area (Å²) in [6.07, 6.45) is 0.418. The molecular weight excluding hydrogens is 547 g/mol. The summed E-state index contributed by atoms with van der Waals surface area (Å²) in [4.78, 5) is 28.8. The molecule has 0 spiro atoms. The molecule has 1 N–H and O–H groups in total. The lowest BCUT2D eigenvalue weighted by Crippen LogP contribution is -2.51. The van der Waals surface area contributed by atoms with Crippen LogP contribution >= 0.6 is 46.6 Å². The topological polar surface area (TPSA) is 49.4 Å². The molecule has 2 amide bonds. The van der Waals surface area contributed by atoms with Crippen LogP contribution in [0.3, 0.4) is 0 Å². The number of hydrogen-bond acceptors (Lipinski definition) is 3. The third kappa shape index (κ3) is 9.57. The van der Waals surface area contributed by atoms with Crippen molar-refractivity contribution in [3.05, 3.63) is 105 Å². The molecule has 0 aromatic heterocycles. The van der Waals surface area contributed by atoms with Crippen LogP contribution in [0.25, 0.3) is 0 Å². The Morgan fingerprint density at radius 3 is 2.19 bits per heavy atom. The smallest absolute Gasteiger partial charge is 0.243 e. The molecule has 0 saturated heterocycles. The van der Waals surface area contributed by atoms with Crippen molar-refractivity contribution in [1.82, 2.24) is 10.2 Å². The van der Waals surface area contributed by atoms with Gasteiger partial charge in [0.15, 0.2) is 0 Å². The molecule has 0 aliphatic rings. The Labute approximate surface area is 238 Å². The van der Waals surface area contributed by atoms with E-state index in [2.05, 4.69) is 5.32 Å². The SMILES string of the molecule is CC(C)CNC(=O)[C@@H](Cc1ccccc1)N(Cc1ccc(Cl)cc1)C(=O)CSCc1ccc(Cl)c(Cl)c1. The lowest BCUT2D eigenvalue weighted by Gasteiger charge is -2.32. The minimum atomic E-state index is -0.657. The van der Waals surface area contributed by atoms with E-state index in [4.69, 9.17) is 34.8 Å². The minimum absolute atomic E-state index is 0.111. The number of amides is 2. The van der Waals surface area contributed by atoms with Crippen LogP contribution in [-0.4, -0.2) is 35.1 Å². The standard InChI is InChI=1S/C29H31Cl3N2O2S/c1-20(2)16-33-29(36)27(15-21-6-4-3-5-7-21)34(17-22-8-11-24(30)12-9-22)28(35)19-37-18-23-10-13-25(31)26(32)14-23/h3-14,20,27H,15-19H2,1-2H3,(H,33,36)/t27-/m1/s1. The second kappa shape index (κ2) is 14.7. The summed E-state index contributed by atoms with van der Waals surface area (Å²) >= 11 is 19.7. The maximum Gasteiger partial charge on any atom is 0.243 e. The molecule has 0 aliphatic heterocycles. The van der Waals surface area contributed by atoms with Crippen LogP contribution in [-0.2, 0) is 28.3 Å². The number of rotatable bonds is 12. The highest BCUT2D eigenvalue weighted by Crippen LogP contribution is 2.25. The van der Waals surface area contributed by atoms with Gasteiger partial charge in [-0.1, -0.05) is 97.2 Å². The largest absolute Gasteiger partial charge is 0.354 e. The number of nitrogens with one attached hydrogen (secondary N) is 1. The fourth-order valence-electron chi connectivity index (χ4n) is 3.73. The van der Waals surface area contributed by atoms with Crippen LogP contribution < -0.4 is 5.32 Å². The van der Waals surface area contributed by atoms with E-state index in [-0.39, 0.29) is 17.6 Å². The summed E-state index contributed by atoms with van der Waals surface area (Å²) in [5.74, 6) is 0.843. The van der Waals surface area contributed by atoms with Crippen molar-refractivity contribution in [2.24, 2.45) is 5.92 Å². The summed E-state index contributed by atoms with van der Waals surface area (Å²) in [7, 11) is 0. The lowest BCUT2D eigenvalue weighted by atomic mass is 10.0. The van der Waals surface area contributed by atoms with E-state index >= 15 is 0 Å². The summed E-state index contributed by atoms with van der Waals surface area (Å²) in [6, 6.07) is 21.9. The number of benzene rings is 3. The zero-order chi connectivity index (χ0) is 26.8. The van der Waals surface area contributed by atoms with E-state index in [1.165, 1.54) is 11.8 Å². The van der Waals surface area contributed by atoms with Crippen molar-refractivity contribution in [2.45, 2.75) is 38.6 Å². The first-order chi connectivity index (χ1) is 17.7. The van der Waals surface area contributed by atoms with Crippen molar-refractivity contribution >= 4 is 58.4 Å². The molecule has 196 valence electrons. The fraction of sp³-hybridized carbons (Fsp3) is 0.310. The van der Waals surface area contributed by atoms with Gasteiger partial charge in [0.2, 0.25) is 11.8 Å². The number of nitrogens with zero attached hydrogens (tertiary/aromatic N) is 1. The highest BCUT2D eigenvalue weighted by Gasteiger charge is 2.30. The normalized spacial score (nSPS) is 11.8. The summed E-state index contributed by atoms with van der Waals surface area (Å²) in [6.45, 7) is 4.93. The van der Waals surface area contributed by atoms with E-state index in [0.29, 0.717) is 46.2 Å². The first kappa shape index (κ1) is 29.4. The number of thioether (sulfide) groups is 1. The predicted octanol–water partition coefficient (Wildman–Crippen LogP) is 7.29. The van der Waals surface area contributed by atoms with E-state index in [0.717, 1.165) is 16.7 Å². The number of carbonyl (C=O) groups is 2. The van der Waals surface area contributed by atoms with Gasteiger partial charge in [-0.3, -0.25) is 9.59 Å². The molecule has 0 heterocycles. The Morgan fingerprint density at radius 1 is 0.865 bits per heavy atom. The Kier molecular flexibility index (Phi) is 11.7. The van der Waals surface area contributed by atoms with Crippen molar-refractivity contribution in [2.75, 3.05) is 12.3 Å². The van der Waals surface area contributed by atoms with Gasteiger partial charge < -0.3 is 10.2 Å². The summed E-state index contributed by atoms with van der Waals surface area (Å²) in [5.41, 5.74) is 2.87. The van der Waals surface area contributed by atoms with Crippen LogP contribution in [0.5, 0.6) is 0 Å². The third-order valence-corrected chi connectivity index (χ3v) is 7.68. The second-order valence-electron chi connectivity index (χ2n) is 9.23. The highest BCUT2D eigenvalue weighted by molar-refractivity contribution is 7.99. The van der Waals surface area contributed by atoms with Crippen molar-refractivity contribution in [3.8, 4) is 0 Å². The third-order valence-electron chi connectivity index (χ3n) is 5.70. The van der Waals surface area contributed by atoms with Gasteiger partial charge in [0.05, 0.1) is 15.8 Å². The Hall–Kier alpha value is -2.18. The molecule has 0 radical (unpaired) electrons. The van der Waals surface area contributed by atoms with Gasteiger partial charge in [-0.25, -0.2) is 0 Å². The average Bonchev–Trinajstić information content (AvgIpc) is 2.88. The fourth-order valence-corrected chi connectivity index (χ4v) is 5.04. The molecule has 8 heteroatoms. The minimum Gasteiger partial charge on any atom is -0.354 e. The number of hydrogen-bond donors (Lipinski definition) is 1. The molecule has 1 atom stereocenters. The molecule has 0 fully saturated rings. The number of carbonyl (C=O) groups excluding carboxylic acids is 2. The van der Waals surface area contributed by atoms with Crippen LogP contribution in [0, 0.1) is 5.92 Å². The van der Waals surface area contributed by atoms with E-state index < -0.39 is 6.04 Å². The Morgan fingerprint density at radius 2 is 1.54 bits per heavy atom. The molecule has 3 aromatic carbocycles. The van der Waals surface area contributed by atoms with E-state index in [9.17, 15) is 9.59 Å². The Balaban J connectivity index is 1.83. The van der Waals surface area contributed by atoms with E-state index in [1.54, 1.807) is 23.1 Å². The molecule has 4 nitrogen and oxygen atoms in total. The maximum atomic E-state index is 13.7. The quantitative estimate of drug-likeness (QED) is 0.246. The van der Waals surface area contributed by atoms with Gasteiger partial charge in [-0.15, -0.1) is 11.8 Å². The van der Waals surface area contributed by atoms with Crippen molar-refractivity contribution in [3.63, 3.8) is 0 Å². The first-order valence-electron chi connectivity index (χ1n) is 12.1. The summed E-state index contributed by atoms with van der Waals surface area (Å²) < 4.78 is 0. The molecular formula is C29H31Cl3N2O2S. The molecule has 0 saturated carbocycles. The zero-order valence-electron chi connectivity index (χ0n) is 20.9. The highest BCUT2D eigenvalue weighted by atomic mass is 35.5. The van der Waals surface area contributed by atoms with Crippen molar-refractivity contribution in [1.29, 1.82) is 0 Å². The van der Waals surface area contributed by atoms with Gasteiger partial charge in [-0.2, -0.15) is 0 Å². The maximum absolute atomic E-state index is 13.7. The summed E-state index contributed by atoms with van der Waals surface area (Å²) in [5, 5.41) is 4.64. The monoisotopic (exact) mass is 576 g/mol. The molecule has 0 unspecified atom stereocenters. The van der Waals surface area contributed by atoms with Gasteiger partial charge in [-0.05, 0) is 46.9 Å². The van der Waals surface area contributed by atoms with Crippen LogP contribution in [0.1, 0.15) is 30.5 Å². The molecule has 0 bridgehead atoms. The molecule has 37 heavy (non-hydrogen) atoms. The van der Waals surface area contributed by atoms with Gasteiger partial charge in [0, 0.05) is 30.3 Å². The number of halogens is 3. The van der Waals surface area contributed by atoms with Crippen molar-refractivity contribution < 1.29 is 9.59 Å². The predicted molar refractivity (Wildman–Crippen MR) is 156 cm³/mol. The second-order valence-corrected chi connectivity index (χ2v) is 11.5.